The molecule has 2 aromatic carbocycles. The molecule has 0 saturated carbocycles. The number of anilines is 1. The van der Waals surface area contributed by atoms with Gasteiger partial charge in [0.25, 0.3) is 0 Å². The van der Waals surface area contributed by atoms with Crippen molar-refractivity contribution in [2.75, 3.05) is 32.1 Å². The molecule has 0 unspecified atom stereocenters. The highest BCUT2D eigenvalue weighted by Crippen LogP contribution is 2.32. The molecule has 0 aliphatic heterocycles. The first kappa shape index (κ1) is 22.4. The maximum absolute atomic E-state index is 13.5. The van der Waals surface area contributed by atoms with Crippen LogP contribution in [0.2, 0.25) is 0 Å². The summed E-state index contributed by atoms with van der Waals surface area (Å²) in [5, 5.41) is 0.810. The fraction of sp³-hybridized carbons (Fsp3) is 0.440. The number of rotatable bonds is 7. The van der Waals surface area contributed by atoms with Gasteiger partial charge in [0, 0.05) is 6.54 Å². The Balaban J connectivity index is 1.94. The van der Waals surface area contributed by atoms with Crippen LogP contribution in [0.1, 0.15) is 39.8 Å². The molecule has 30 heavy (non-hydrogen) atoms. The van der Waals surface area contributed by atoms with Crippen LogP contribution in [0.15, 0.2) is 24.3 Å². The van der Waals surface area contributed by atoms with Crippen molar-refractivity contribution in [3.05, 3.63) is 57.6 Å². The lowest BCUT2D eigenvalue weighted by atomic mass is 9.97. The van der Waals surface area contributed by atoms with Gasteiger partial charge in [0.05, 0.1) is 16.6 Å². The van der Waals surface area contributed by atoms with Crippen LogP contribution in [-0.2, 0) is 11.2 Å². The number of amides is 1. The quantitative estimate of drug-likeness (QED) is 0.513. The molecule has 3 rings (SSSR count). The molecule has 0 atom stereocenters. The molecular formula is C25H33N3OS. The average molecular weight is 424 g/mol. The fourth-order valence-corrected chi connectivity index (χ4v) is 5.01. The molecule has 5 heteroatoms. The SMILES string of the molecule is Cc1cc(C)c(CC(=O)N(CCCN(C)C)c2nc3c(C)c(C)ccc3s2)c(C)c1. The van der Waals surface area contributed by atoms with Crippen molar-refractivity contribution in [1.29, 1.82) is 0 Å². The van der Waals surface area contributed by atoms with E-state index in [9.17, 15) is 4.79 Å². The number of hydrogen-bond donors (Lipinski definition) is 0. The van der Waals surface area contributed by atoms with Crippen LogP contribution in [0.4, 0.5) is 5.13 Å². The lowest BCUT2D eigenvalue weighted by molar-refractivity contribution is -0.118. The highest BCUT2D eigenvalue weighted by atomic mass is 32.1. The van der Waals surface area contributed by atoms with Gasteiger partial charge < -0.3 is 4.90 Å². The third-order valence-electron chi connectivity index (χ3n) is 5.76. The van der Waals surface area contributed by atoms with E-state index in [0.29, 0.717) is 13.0 Å². The van der Waals surface area contributed by atoms with Crippen LogP contribution in [0, 0.1) is 34.6 Å². The van der Waals surface area contributed by atoms with E-state index < -0.39 is 0 Å². The van der Waals surface area contributed by atoms with Gasteiger partial charge in [-0.05, 0) is 95.6 Å². The summed E-state index contributed by atoms with van der Waals surface area (Å²) in [4.78, 5) is 22.4. The van der Waals surface area contributed by atoms with Crippen molar-refractivity contribution >= 4 is 32.6 Å². The smallest absolute Gasteiger partial charge is 0.233 e. The number of benzene rings is 2. The van der Waals surface area contributed by atoms with Crippen molar-refractivity contribution in [2.24, 2.45) is 0 Å². The highest BCUT2D eigenvalue weighted by Gasteiger charge is 2.22. The Kier molecular flexibility index (Phi) is 6.94. The Labute approximate surface area is 184 Å². The number of hydrogen-bond acceptors (Lipinski definition) is 4. The summed E-state index contributed by atoms with van der Waals surface area (Å²) in [5.41, 5.74) is 8.19. The van der Waals surface area contributed by atoms with Gasteiger partial charge in [-0.3, -0.25) is 9.69 Å². The highest BCUT2D eigenvalue weighted by molar-refractivity contribution is 7.22. The topological polar surface area (TPSA) is 36.4 Å². The summed E-state index contributed by atoms with van der Waals surface area (Å²) in [5.74, 6) is 0.122. The number of carbonyl (C=O) groups excluding carboxylic acids is 1. The van der Waals surface area contributed by atoms with Gasteiger partial charge in [-0.2, -0.15) is 0 Å². The maximum atomic E-state index is 13.5. The van der Waals surface area contributed by atoms with Crippen molar-refractivity contribution in [1.82, 2.24) is 9.88 Å². The van der Waals surface area contributed by atoms with Gasteiger partial charge in [0.2, 0.25) is 5.91 Å². The minimum absolute atomic E-state index is 0.122. The first-order valence-electron chi connectivity index (χ1n) is 10.6. The summed E-state index contributed by atoms with van der Waals surface area (Å²) in [6.07, 6.45) is 1.33. The van der Waals surface area contributed by atoms with Crippen LogP contribution in [0.25, 0.3) is 10.2 Å². The minimum Gasteiger partial charge on any atom is -0.309 e. The second kappa shape index (κ2) is 9.27. The van der Waals surface area contributed by atoms with Crippen LogP contribution < -0.4 is 4.90 Å². The van der Waals surface area contributed by atoms with Crippen molar-refractivity contribution in [2.45, 2.75) is 47.5 Å². The summed E-state index contributed by atoms with van der Waals surface area (Å²) >= 11 is 1.62. The second-order valence-corrected chi connectivity index (χ2v) is 9.62. The van der Waals surface area contributed by atoms with E-state index in [4.69, 9.17) is 4.98 Å². The van der Waals surface area contributed by atoms with Gasteiger partial charge in [0.1, 0.15) is 0 Å². The number of carbonyl (C=O) groups is 1. The third kappa shape index (κ3) is 4.90. The Bertz CT molecular complexity index is 1040. The largest absolute Gasteiger partial charge is 0.309 e. The van der Waals surface area contributed by atoms with Crippen molar-refractivity contribution in [3.63, 3.8) is 0 Å². The molecule has 0 aliphatic rings. The van der Waals surface area contributed by atoms with E-state index in [2.05, 4.69) is 77.9 Å². The molecule has 0 bridgehead atoms. The predicted molar refractivity (Wildman–Crippen MR) is 129 cm³/mol. The zero-order valence-corrected chi connectivity index (χ0v) is 20.1. The molecule has 3 aromatic rings. The number of fused-ring (bicyclic) bond motifs is 1. The Morgan fingerprint density at radius 1 is 0.967 bits per heavy atom. The molecule has 0 aliphatic carbocycles. The zero-order valence-electron chi connectivity index (χ0n) is 19.3. The van der Waals surface area contributed by atoms with Crippen LogP contribution in [-0.4, -0.2) is 43.0 Å². The summed E-state index contributed by atoms with van der Waals surface area (Å²) in [6.45, 7) is 12.1. The molecule has 4 nitrogen and oxygen atoms in total. The van der Waals surface area contributed by atoms with E-state index in [1.165, 1.54) is 27.8 Å². The van der Waals surface area contributed by atoms with Crippen molar-refractivity contribution in [3.8, 4) is 0 Å². The van der Waals surface area contributed by atoms with Crippen LogP contribution >= 0.6 is 11.3 Å². The minimum atomic E-state index is 0.122. The number of aryl methyl sites for hydroxylation is 5. The molecule has 0 saturated heterocycles. The van der Waals surface area contributed by atoms with Crippen LogP contribution in [0.3, 0.4) is 0 Å². The van der Waals surface area contributed by atoms with Gasteiger partial charge in [-0.1, -0.05) is 35.1 Å². The normalized spacial score (nSPS) is 11.5. The Hall–Kier alpha value is -2.24. The standard InChI is InChI=1S/C25H33N3OS/c1-16-13-18(3)21(19(4)14-16)15-23(29)28(12-8-11-27(6)7)25-26-24-20(5)17(2)9-10-22(24)30-25/h9-10,13-14H,8,11-12,15H2,1-7H3. The van der Waals surface area contributed by atoms with Crippen LogP contribution in [0.5, 0.6) is 0 Å². The van der Waals surface area contributed by atoms with Gasteiger partial charge in [-0.25, -0.2) is 4.98 Å². The molecule has 0 fully saturated rings. The maximum Gasteiger partial charge on any atom is 0.233 e. The molecule has 0 spiro atoms. The number of thiazole rings is 1. The average Bonchev–Trinajstić information content (AvgIpc) is 3.09. The molecule has 0 radical (unpaired) electrons. The predicted octanol–water partition coefficient (Wildman–Crippen LogP) is 5.37. The fourth-order valence-electron chi connectivity index (χ4n) is 3.94. The van der Waals surface area contributed by atoms with Crippen molar-refractivity contribution < 1.29 is 4.79 Å². The van der Waals surface area contributed by atoms with E-state index in [1.807, 2.05) is 4.90 Å². The van der Waals surface area contributed by atoms with Gasteiger partial charge in [0.15, 0.2) is 5.13 Å². The zero-order chi connectivity index (χ0) is 22.0. The van der Waals surface area contributed by atoms with Gasteiger partial charge in [-0.15, -0.1) is 0 Å². The molecule has 1 heterocycles. The number of aromatic nitrogens is 1. The summed E-state index contributed by atoms with van der Waals surface area (Å²) in [6, 6.07) is 8.58. The van der Waals surface area contributed by atoms with Gasteiger partial charge >= 0.3 is 0 Å². The monoisotopic (exact) mass is 423 g/mol. The van der Waals surface area contributed by atoms with E-state index in [1.54, 1.807) is 11.3 Å². The lowest BCUT2D eigenvalue weighted by Gasteiger charge is -2.22. The van der Waals surface area contributed by atoms with E-state index in [0.717, 1.165) is 33.9 Å². The third-order valence-corrected chi connectivity index (χ3v) is 6.80. The molecule has 1 aromatic heterocycles. The first-order valence-corrected chi connectivity index (χ1v) is 11.4. The van der Waals surface area contributed by atoms with E-state index >= 15 is 0 Å². The summed E-state index contributed by atoms with van der Waals surface area (Å²) < 4.78 is 1.14. The second-order valence-electron chi connectivity index (χ2n) is 8.61. The summed E-state index contributed by atoms with van der Waals surface area (Å²) in [7, 11) is 4.13. The molecule has 0 N–H and O–H groups in total. The number of nitrogens with zero attached hydrogens (tertiary/aromatic N) is 3. The first-order chi connectivity index (χ1) is 14.2. The molecule has 160 valence electrons. The molecule has 1 amide bonds. The Morgan fingerprint density at radius 2 is 1.63 bits per heavy atom. The lowest BCUT2D eigenvalue weighted by Crippen LogP contribution is -2.34. The van der Waals surface area contributed by atoms with E-state index in [-0.39, 0.29) is 5.91 Å². The Morgan fingerprint density at radius 3 is 2.27 bits per heavy atom. The molecular weight excluding hydrogens is 390 g/mol.